The number of ether oxygens (including phenoxy) is 1. The van der Waals surface area contributed by atoms with E-state index in [0.29, 0.717) is 12.0 Å². The van der Waals surface area contributed by atoms with Gasteiger partial charge < -0.3 is 4.74 Å². The van der Waals surface area contributed by atoms with Gasteiger partial charge in [-0.05, 0) is 61.1 Å². The number of nitrogens with zero attached hydrogens (tertiary/aromatic N) is 2. The number of carbonyl (C=O) groups is 1. The van der Waals surface area contributed by atoms with E-state index < -0.39 is 10.0 Å². The normalized spacial score (nSPS) is 15.9. The van der Waals surface area contributed by atoms with Gasteiger partial charge >= 0.3 is 0 Å². The number of rotatable bonds is 6. The van der Waals surface area contributed by atoms with Crippen LogP contribution in [0.2, 0.25) is 0 Å². The Morgan fingerprint density at radius 2 is 2.00 bits per heavy atom. The lowest BCUT2D eigenvalue weighted by Crippen LogP contribution is -2.31. The zero-order valence-electron chi connectivity index (χ0n) is 17.1. The van der Waals surface area contributed by atoms with Crippen LogP contribution in [0.5, 0.6) is 5.75 Å². The third-order valence-corrected chi connectivity index (χ3v) is 7.89. The van der Waals surface area contributed by atoms with E-state index in [0.717, 1.165) is 46.6 Å². The molecular weight excluding hydrogens is 436 g/mol. The van der Waals surface area contributed by atoms with Gasteiger partial charge in [-0.15, -0.1) is 10.2 Å². The summed E-state index contributed by atoms with van der Waals surface area (Å²) in [5, 5.41) is 10.4. The predicted molar refractivity (Wildman–Crippen MR) is 118 cm³/mol. The van der Waals surface area contributed by atoms with Crippen LogP contribution in [0.1, 0.15) is 45.9 Å². The van der Waals surface area contributed by atoms with Crippen LogP contribution >= 0.6 is 11.3 Å². The Bertz CT molecular complexity index is 1220. The van der Waals surface area contributed by atoms with Crippen molar-refractivity contribution in [2.24, 2.45) is 0 Å². The minimum atomic E-state index is -3.89. The fourth-order valence-electron chi connectivity index (χ4n) is 3.64. The number of nitrogens with one attached hydrogen (secondary N) is 2. The summed E-state index contributed by atoms with van der Waals surface area (Å²) in [7, 11) is -2.29. The Morgan fingerprint density at radius 3 is 2.77 bits per heavy atom. The zero-order valence-corrected chi connectivity index (χ0v) is 18.7. The number of hydrogen-bond donors (Lipinski definition) is 2. The van der Waals surface area contributed by atoms with Crippen molar-refractivity contribution in [2.45, 2.75) is 36.6 Å². The van der Waals surface area contributed by atoms with Gasteiger partial charge in [0.1, 0.15) is 5.75 Å². The summed E-state index contributed by atoms with van der Waals surface area (Å²) < 4.78 is 33.7. The second kappa shape index (κ2) is 8.74. The summed E-state index contributed by atoms with van der Waals surface area (Å²) in [5.74, 6) is 0.390. The van der Waals surface area contributed by atoms with Crippen LogP contribution in [0.15, 0.2) is 46.8 Å². The number of carbonyl (C=O) groups excluding carboxylic acids is 1. The summed E-state index contributed by atoms with van der Waals surface area (Å²) in [6.07, 6.45) is 2.42. The van der Waals surface area contributed by atoms with Crippen molar-refractivity contribution in [1.29, 1.82) is 0 Å². The minimum absolute atomic E-state index is 0.127. The van der Waals surface area contributed by atoms with Crippen LogP contribution in [0.25, 0.3) is 0 Å². The van der Waals surface area contributed by atoms with Crippen molar-refractivity contribution in [3.05, 3.63) is 64.7 Å². The van der Waals surface area contributed by atoms with Gasteiger partial charge in [0, 0.05) is 11.6 Å². The average molecular weight is 459 g/mol. The monoisotopic (exact) mass is 458 g/mol. The molecule has 2 aromatic carbocycles. The van der Waals surface area contributed by atoms with Gasteiger partial charge in [-0.2, -0.15) is 0 Å². The molecule has 8 nitrogen and oxygen atoms in total. The predicted octanol–water partition coefficient (Wildman–Crippen LogP) is 3.46. The van der Waals surface area contributed by atoms with Crippen LogP contribution in [0.3, 0.4) is 0 Å². The molecule has 0 radical (unpaired) electrons. The molecule has 4 rings (SSSR count). The molecule has 162 valence electrons. The first-order valence-electron chi connectivity index (χ1n) is 9.77. The van der Waals surface area contributed by atoms with Crippen molar-refractivity contribution in [3.8, 4) is 5.75 Å². The molecular formula is C21H22N4O4S2. The molecule has 1 unspecified atom stereocenters. The molecule has 1 atom stereocenters. The molecule has 0 saturated carbocycles. The largest absolute Gasteiger partial charge is 0.497 e. The number of methoxy groups -OCH3 is 1. The van der Waals surface area contributed by atoms with Crippen molar-refractivity contribution in [1.82, 2.24) is 14.9 Å². The molecule has 0 saturated heterocycles. The standard InChI is InChI=1S/C21H22N4O4S2/c1-13-6-3-4-8-16(13)19(26)22-20-23-24-21(30-20)31(27,28)25-18-9-5-7-14-12-15(29-2)10-11-17(14)18/h3-4,6,8,10-12,18,25H,5,7,9H2,1-2H3,(H,22,23,26). The Hall–Kier alpha value is -2.82. The molecule has 31 heavy (non-hydrogen) atoms. The molecule has 1 aliphatic carbocycles. The minimum Gasteiger partial charge on any atom is -0.497 e. The summed E-state index contributed by atoms with van der Waals surface area (Å²) in [5.41, 5.74) is 3.32. The van der Waals surface area contributed by atoms with E-state index in [1.807, 2.05) is 37.3 Å². The van der Waals surface area contributed by atoms with E-state index >= 15 is 0 Å². The quantitative estimate of drug-likeness (QED) is 0.548. The van der Waals surface area contributed by atoms with Gasteiger partial charge in [0.15, 0.2) is 0 Å². The number of anilines is 1. The molecule has 0 aliphatic heterocycles. The number of amides is 1. The highest BCUT2D eigenvalue weighted by Gasteiger charge is 2.29. The number of hydrogen-bond acceptors (Lipinski definition) is 7. The highest BCUT2D eigenvalue weighted by molar-refractivity contribution is 7.91. The highest BCUT2D eigenvalue weighted by Crippen LogP contribution is 2.33. The Kier molecular flexibility index (Phi) is 6.03. The lowest BCUT2D eigenvalue weighted by atomic mass is 9.88. The topological polar surface area (TPSA) is 110 Å². The number of benzene rings is 2. The summed E-state index contributed by atoms with van der Waals surface area (Å²) in [4.78, 5) is 12.5. The van der Waals surface area contributed by atoms with E-state index in [9.17, 15) is 13.2 Å². The summed E-state index contributed by atoms with van der Waals surface area (Å²) >= 11 is 0.820. The Morgan fingerprint density at radius 1 is 1.19 bits per heavy atom. The van der Waals surface area contributed by atoms with Gasteiger partial charge in [-0.3, -0.25) is 10.1 Å². The second-order valence-corrected chi connectivity index (χ2v) is 10.1. The summed E-state index contributed by atoms with van der Waals surface area (Å²) in [6.45, 7) is 1.83. The first kappa shape index (κ1) is 21.4. The van der Waals surface area contributed by atoms with E-state index in [2.05, 4.69) is 20.2 Å². The van der Waals surface area contributed by atoms with Gasteiger partial charge in [0.05, 0.1) is 7.11 Å². The van der Waals surface area contributed by atoms with E-state index in [4.69, 9.17) is 4.74 Å². The van der Waals surface area contributed by atoms with Crippen LogP contribution < -0.4 is 14.8 Å². The van der Waals surface area contributed by atoms with Crippen molar-refractivity contribution in [2.75, 3.05) is 12.4 Å². The first-order chi connectivity index (χ1) is 14.9. The van der Waals surface area contributed by atoms with Crippen molar-refractivity contribution in [3.63, 3.8) is 0 Å². The fraction of sp³-hybridized carbons (Fsp3) is 0.286. The molecule has 3 aromatic rings. The number of sulfonamides is 1. The van der Waals surface area contributed by atoms with Gasteiger partial charge in [0.25, 0.3) is 15.9 Å². The average Bonchev–Trinajstić information content (AvgIpc) is 3.23. The molecule has 2 N–H and O–H groups in total. The maximum Gasteiger partial charge on any atom is 0.270 e. The first-order valence-corrected chi connectivity index (χ1v) is 12.1. The Balaban J connectivity index is 1.50. The van der Waals surface area contributed by atoms with E-state index in [1.54, 1.807) is 19.2 Å². The second-order valence-electron chi connectivity index (χ2n) is 7.27. The van der Waals surface area contributed by atoms with E-state index in [-0.39, 0.29) is 21.4 Å². The van der Waals surface area contributed by atoms with Crippen LogP contribution in [-0.4, -0.2) is 31.6 Å². The number of aromatic nitrogens is 2. The van der Waals surface area contributed by atoms with Crippen molar-refractivity contribution < 1.29 is 17.9 Å². The SMILES string of the molecule is COc1ccc2c(c1)CCCC2NS(=O)(=O)c1nnc(NC(=O)c2ccccc2C)s1. The smallest absolute Gasteiger partial charge is 0.270 e. The third-order valence-electron chi connectivity index (χ3n) is 5.21. The molecule has 1 heterocycles. The molecule has 1 amide bonds. The molecule has 0 bridgehead atoms. The van der Waals surface area contributed by atoms with E-state index in [1.165, 1.54) is 0 Å². The molecule has 10 heteroatoms. The van der Waals surface area contributed by atoms with Crippen LogP contribution in [-0.2, 0) is 16.4 Å². The maximum absolute atomic E-state index is 12.9. The third kappa shape index (κ3) is 4.60. The highest BCUT2D eigenvalue weighted by atomic mass is 32.2. The Labute approximate surface area is 184 Å². The van der Waals surface area contributed by atoms with Crippen LogP contribution in [0.4, 0.5) is 5.13 Å². The number of aryl methyl sites for hydroxylation is 2. The van der Waals surface area contributed by atoms with Gasteiger partial charge in [-0.1, -0.05) is 35.6 Å². The fourth-order valence-corrected chi connectivity index (χ4v) is 5.80. The molecule has 0 fully saturated rings. The lowest BCUT2D eigenvalue weighted by molar-refractivity contribution is 0.102. The molecule has 1 aliphatic rings. The summed E-state index contributed by atoms with van der Waals surface area (Å²) in [6, 6.07) is 12.4. The van der Waals surface area contributed by atoms with Crippen molar-refractivity contribution >= 4 is 32.4 Å². The number of fused-ring (bicyclic) bond motifs is 1. The lowest BCUT2D eigenvalue weighted by Gasteiger charge is -2.26. The zero-order chi connectivity index (χ0) is 22.0. The van der Waals surface area contributed by atoms with Crippen LogP contribution in [0, 0.1) is 6.92 Å². The molecule has 1 aromatic heterocycles. The van der Waals surface area contributed by atoms with Gasteiger partial charge in [-0.25, -0.2) is 13.1 Å². The maximum atomic E-state index is 12.9. The van der Waals surface area contributed by atoms with Gasteiger partial charge in [0.2, 0.25) is 9.47 Å². The molecule has 0 spiro atoms.